The molecule has 21 heavy (non-hydrogen) atoms. The second-order valence-corrected chi connectivity index (χ2v) is 6.24. The van der Waals surface area contributed by atoms with Crippen LogP contribution in [0.15, 0.2) is 24.3 Å². The van der Waals surface area contributed by atoms with E-state index in [4.69, 9.17) is 0 Å². The molecule has 3 atom stereocenters. The van der Waals surface area contributed by atoms with Crippen LogP contribution in [0.2, 0.25) is 0 Å². The maximum absolute atomic E-state index is 13.6. The zero-order valence-corrected chi connectivity index (χ0v) is 13.1. The molecule has 4 heteroatoms. The van der Waals surface area contributed by atoms with E-state index in [9.17, 15) is 9.18 Å². The minimum atomic E-state index is -0.179. The zero-order chi connectivity index (χ0) is 15.4. The Labute approximate surface area is 126 Å². The van der Waals surface area contributed by atoms with Crippen molar-refractivity contribution in [3.05, 3.63) is 35.6 Å². The quantitative estimate of drug-likeness (QED) is 0.925. The van der Waals surface area contributed by atoms with E-state index < -0.39 is 0 Å². The van der Waals surface area contributed by atoms with E-state index in [1.807, 2.05) is 17.9 Å². The molecule has 0 aliphatic carbocycles. The summed E-state index contributed by atoms with van der Waals surface area (Å²) in [6.07, 6.45) is 1.29. The Kier molecular flexibility index (Phi) is 5.34. The lowest BCUT2D eigenvalue weighted by molar-refractivity contribution is -0.137. The molecule has 1 saturated heterocycles. The van der Waals surface area contributed by atoms with Crippen LogP contribution in [-0.2, 0) is 11.2 Å². The number of rotatable bonds is 4. The van der Waals surface area contributed by atoms with Crippen molar-refractivity contribution in [1.29, 1.82) is 0 Å². The molecule has 0 bridgehead atoms. The average Bonchev–Trinajstić information content (AvgIpc) is 2.44. The van der Waals surface area contributed by atoms with Gasteiger partial charge < -0.3 is 10.2 Å². The second-order valence-electron chi connectivity index (χ2n) is 6.24. The summed E-state index contributed by atoms with van der Waals surface area (Å²) < 4.78 is 13.6. The van der Waals surface area contributed by atoms with E-state index in [0.717, 1.165) is 13.1 Å². The molecule has 1 heterocycles. The summed E-state index contributed by atoms with van der Waals surface area (Å²) in [5.41, 5.74) is 0.694. The van der Waals surface area contributed by atoms with Crippen LogP contribution in [0.1, 0.15) is 32.8 Å². The van der Waals surface area contributed by atoms with Gasteiger partial charge in [-0.1, -0.05) is 25.1 Å². The number of carbonyl (C=O) groups excluding carboxylic acids is 1. The van der Waals surface area contributed by atoms with Gasteiger partial charge in [0.2, 0.25) is 5.91 Å². The van der Waals surface area contributed by atoms with Crippen LogP contribution in [0.3, 0.4) is 0 Å². The van der Waals surface area contributed by atoms with Gasteiger partial charge in [0.25, 0.3) is 0 Å². The van der Waals surface area contributed by atoms with Crippen LogP contribution in [0, 0.1) is 11.7 Å². The number of carbonyl (C=O) groups is 1. The Morgan fingerprint density at radius 2 is 1.95 bits per heavy atom. The highest BCUT2D eigenvalue weighted by Crippen LogP contribution is 2.16. The van der Waals surface area contributed by atoms with Gasteiger partial charge in [-0.3, -0.25) is 4.79 Å². The van der Waals surface area contributed by atoms with Crippen molar-refractivity contribution in [2.24, 2.45) is 5.92 Å². The van der Waals surface area contributed by atoms with Crippen molar-refractivity contribution in [3.8, 4) is 0 Å². The van der Waals surface area contributed by atoms with Crippen LogP contribution in [0.5, 0.6) is 0 Å². The predicted octanol–water partition coefficient (Wildman–Crippen LogP) is 2.60. The fraction of sp³-hybridized carbons (Fsp3) is 0.588. The first-order chi connectivity index (χ1) is 9.97. The predicted molar refractivity (Wildman–Crippen MR) is 82.5 cm³/mol. The van der Waals surface area contributed by atoms with E-state index in [1.165, 1.54) is 6.07 Å². The Balaban J connectivity index is 1.89. The first-order valence-corrected chi connectivity index (χ1v) is 7.75. The highest BCUT2D eigenvalue weighted by atomic mass is 19.1. The van der Waals surface area contributed by atoms with Crippen molar-refractivity contribution in [1.82, 2.24) is 10.2 Å². The van der Waals surface area contributed by atoms with Crippen LogP contribution in [-0.4, -0.2) is 36.0 Å². The smallest absolute Gasteiger partial charge is 0.225 e. The number of nitrogens with zero attached hydrogens (tertiary/aromatic N) is 1. The van der Waals surface area contributed by atoms with E-state index in [1.54, 1.807) is 12.1 Å². The van der Waals surface area contributed by atoms with Crippen molar-refractivity contribution in [3.63, 3.8) is 0 Å². The van der Waals surface area contributed by atoms with Crippen LogP contribution < -0.4 is 5.32 Å². The van der Waals surface area contributed by atoms with Gasteiger partial charge in [0.1, 0.15) is 5.82 Å². The molecule has 0 unspecified atom stereocenters. The molecular formula is C17H25FN2O. The maximum atomic E-state index is 13.6. The minimum absolute atomic E-state index is 0.0675. The molecule has 0 aromatic heterocycles. The lowest BCUT2D eigenvalue weighted by Gasteiger charge is -2.37. The van der Waals surface area contributed by atoms with E-state index in [-0.39, 0.29) is 17.6 Å². The highest BCUT2D eigenvalue weighted by molar-refractivity contribution is 5.78. The molecule has 1 aliphatic rings. The van der Waals surface area contributed by atoms with E-state index in [0.29, 0.717) is 30.5 Å². The molecule has 0 saturated carbocycles. The number of nitrogens with one attached hydrogen (secondary N) is 1. The molecule has 116 valence electrons. The molecule has 1 aromatic rings. The third kappa shape index (κ3) is 4.27. The van der Waals surface area contributed by atoms with Gasteiger partial charge >= 0.3 is 0 Å². The second kappa shape index (κ2) is 7.03. The van der Waals surface area contributed by atoms with Crippen molar-refractivity contribution < 1.29 is 9.18 Å². The molecule has 1 amide bonds. The van der Waals surface area contributed by atoms with Gasteiger partial charge in [-0.15, -0.1) is 0 Å². The monoisotopic (exact) mass is 292 g/mol. The van der Waals surface area contributed by atoms with Crippen LogP contribution in [0.4, 0.5) is 4.39 Å². The summed E-state index contributed by atoms with van der Waals surface area (Å²) in [7, 11) is 0. The van der Waals surface area contributed by atoms with Gasteiger partial charge in [-0.05, 0) is 38.3 Å². The summed E-state index contributed by atoms with van der Waals surface area (Å²) in [4.78, 5) is 14.4. The Morgan fingerprint density at radius 3 is 2.57 bits per heavy atom. The summed E-state index contributed by atoms with van der Waals surface area (Å²) in [6, 6.07) is 7.46. The number of aryl methyl sites for hydroxylation is 1. The first-order valence-electron chi connectivity index (χ1n) is 7.75. The Hall–Kier alpha value is -1.42. The Morgan fingerprint density at radius 1 is 1.33 bits per heavy atom. The number of hydrogen-bond donors (Lipinski definition) is 1. The van der Waals surface area contributed by atoms with E-state index in [2.05, 4.69) is 19.2 Å². The molecule has 2 rings (SSSR count). The van der Waals surface area contributed by atoms with Gasteiger partial charge in [0.05, 0.1) is 0 Å². The number of hydrogen-bond acceptors (Lipinski definition) is 2. The van der Waals surface area contributed by atoms with Gasteiger partial charge in [0.15, 0.2) is 0 Å². The number of benzene rings is 1. The van der Waals surface area contributed by atoms with E-state index >= 15 is 0 Å². The van der Waals surface area contributed by atoms with Gasteiger partial charge in [0, 0.05) is 31.1 Å². The maximum Gasteiger partial charge on any atom is 0.225 e. The SMILES string of the molecule is C[C@@H]1CN(C(=O)[C@H](C)CCc2ccccc2F)C[C@H](C)N1. The fourth-order valence-electron chi connectivity index (χ4n) is 3.02. The third-order valence-electron chi connectivity index (χ3n) is 4.10. The third-order valence-corrected chi connectivity index (χ3v) is 4.10. The normalized spacial score (nSPS) is 23.9. The van der Waals surface area contributed by atoms with Crippen molar-refractivity contribution >= 4 is 5.91 Å². The summed E-state index contributed by atoms with van der Waals surface area (Å²) in [6.45, 7) is 7.65. The topological polar surface area (TPSA) is 32.3 Å². The minimum Gasteiger partial charge on any atom is -0.339 e. The zero-order valence-electron chi connectivity index (χ0n) is 13.1. The molecular weight excluding hydrogens is 267 g/mol. The number of amides is 1. The average molecular weight is 292 g/mol. The summed E-state index contributed by atoms with van der Waals surface area (Å²) in [5, 5.41) is 3.42. The van der Waals surface area contributed by atoms with Crippen LogP contribution >= 0.6 is 0 Å². The van der Waals surface area contributed by atoms with Crippen molar-refractivity contribution in [2.45, 2.75) is 45.7 Å². The Bertz CT molecular complexity index is 481. The number of piperazine rings is 1. The largest absolute Gasteiger partial charge is 0.339 e. The molecule has 0 spiro atoms. The lowest BCUT2D eigenvalue weighted by Crippen LogP contribution is -2.56. The molecule has 1 N–H and O–H groups in total. The molecule has 1 aromatic carbocycles. The first kappa shape index (κ1) is 16.0. The fourth-order valence-corrected chi connectivity index (χ4v) is 3.02. The molecule has 3 nitrogen and oxygen atoms in total. The standard InChI is InChI=1S/C17H25FN2O/c1-12(8-9-15-6-4-5-7-16(15)18)17(21)20-10-13(2)19-14(3)11-20/h4-7,12-14,19H,8-11H2,1-3H3/t12-,13-,14+/m1/s1. The molecule has 1 aliphatic heterocycles. The summed E-state index contributed by atoms with van der Waals surface area (Å²) >= 11 is 0. The van der Waals surface area contributed by atoms with Gasteiger partial charge in [-0.25, -0.2) is 4.39 Å². The number of halogens is 1. The van der Waals surface area contributed by atoms with Crippen molar-refractivity contribution in [2.75, 3.05) is 13.1 Å². The van der Waals surface area contributed by atoms with Gasteiger partial charge in [-0.2, -0.15) is 0 Å². The highest BCUT2D eigenvalue weighted by Gasteiger charge is 2.27. The lowest BCUT2D eigenvalue weighted by atomic mass is 9.98. The molecule has 1 fully saturated rings. The van der Waals surface area contributed by atoms with Crippen LogP contribution in [0.25, 0.3) is 0 Å². The summed E-state index contributed by atoms with van der Waals surface area (Å²) in [5.74, 6) is -0.0600. The molecule has 0 radical (unpaired) electrons.